The molecule has 4 rings (SSSR count). The summed E-state index contributed by atoms with van der Waals surface area (Å²) in [4.78, 5) is 29.1. The molecule has 2 aliphatic heterocycles. The van der Waals surface area contributed by atoms with Gasteiger partial charge < -0.3 is 20.5 Å². The van der Waals surface area contributed by atoms with E-state index >= 15 is 0 Å². The van der Waals surface area contributed by atoms with Gasteiger partial charge in [-0.2, -0.15) is 0 Å². The molecule has 186 valence electrons. The average Bonchev–Trinajstić information content (AvgIpc) is 3.21. The van der Waals surface area contributed by atoms with Gasteiger partial charge in [0.15, 0.2) is 0 Å². The number of hydrogen-bond donors (Lipinski definition) is 3. The summed E-state index contributed by atoms with van der Waals surface area (Å²) in [5.74, 6) is -0.0608. The largest absolute Gasteiger partial charge is 0.494 e. The summed E-state index contributed by atoms with van der Waals surface area (Å²) in [5.41, 5.74) is 2.91. The molecule has 1 fully saturated rings. The van der Waals surface area contributed by atoms with Crippen molar-refractivity contribution in [3.8, 4) is 5.75 Å². The van der Waals surface area contributed by atoms with Gasteiger partial charge in [-0.1, -0.05) is 43.7 Å². The monoisotopic (exact) mass is 477 g/mol. The molecule has 0 saturated carbocycles. The first-order valence-corrected chi connectivity index (χ1v) is 12.6. The number of aliphatic carboxylic acids is 1. The van der Waals surface area contributed by atoms with Crippen molar-refractivity contribution >= 4 is 23.3 Å². The van der Waals surface area contributed by atoms with Crippen LogP contribution in [0.5, 0.6) is 5.75 Å². The summed E-state index contributed by atoms with van der Waals surface area (Å²) in [7, 11) is 0. The second-order valence-corrected chi connectivity index (χ2v) is 9.53. The topological polar surface area (TPSA) is 100 Å². The first-order chi connectivity index (χ1) is 17.0. The zero-order valence-electron chi connectivity index (χ0n) is 20.3. The molecule has 0 aliphatic carbocycles. The quantitative estimate of drug-likeness (QED) is 0.421. The Balaban J connectivity index is 1.24. The van der Waals surface area contributed by atoms with E-state index in [-0.39, 0.29) is 12.3 Å². The zero-order valence-corrected chi connectivity index (χ0v) is 20.3. The number of piperidine rings is 1. The van der Waals surface area contributed by atoms with Crippen molar-refractivity contribution in [1.82, 2.24) is 10.6 Å². The number of ether oxygens (including phenoxy) is 1. The van der Waals surface area contributed by atoms with Gasteiger partial charge in [0.1, 0.15) is 17.5 Å². The molecule has 2 heterocycles. The Morgan fingerprint density at radius 1 is 1.11 bits per heavy atom. The van der Waals surface area contributed by atoms with Crippen LogP contribution >= 0.6 is 0 Å². The maximum Gasteiger partial charge on any atom is 0.326 e. The van der Waals surface area contributed by atoms with Crippen LogP contribution in [0.15, 0.2) is 53.5 Å². The van der Waals surface area contributed by atoms with E-state index in [1.807, 2.05) is 55.5 Å². The highest BCUT2D eigenvalue weighted by Crippen LogP contribution is 2.34. The molecule has 2 aliphatic rings. The van der Waals surface area contributed by atoms with Gasteiger partial charge >= 0.3 is 5.97 Å². The number of carbonyl (C=O) groups excluding carboxylic acids is 1. The van der Waals surface area contributed by atoms with Gasteiger partial charge in [0, 0.05) is 12.3 Å². The number of para-hydroxylation sites is 1. The molecule has 1 saturated heterocycles. The lowest BCUT2D eigenvalue weighted by Crippen LogP contribution is -2.45. The number of carbonyl (C=O) groups is 2. The van der Waals surface area contributed by atoms with Crippen LogP contribution in [-0.4, -0.2) is 48.4 Å². The third-order valence-corrected chi connectivity index (χ3v) is 6.99. The highest BCUT2D eigenvalue weighted by Gasteiger charge is 2.30. The second-order valence-electron chi connectivity index (χ2n) is 9.53. The van der Waals surface area contributed by atoms with Crippen molar-refractivity contribution in [2.75, 3.05) is 19.7 Å². The fourth-order valence-corrected chi connectivity index (χ4v) is 4.86. The van der Waals surface area contributed by atoms with Gasteiger partial charge in [-0.05, 0) is 74.0 Å². The number of rotatable bonds is 11. The smallest absolute Gasteiger partial charge is 0.326 e. The van der Waals surface area contributed by atoms with E-state index in [1.54, 1.807) is 0 Å². The lowest BCUT2D eigenvalue weighted by Gasteiger charge is -2.22. The Morgan fingerprint density at radius 2 is 1.86 bits per heavy atom. The predicted octanol–water partition coefficient (Wildman–Crippen LogP) is 4.24. The van der Waals surface area contributed by atoms with Crippen molar-refractivity contribution in [3.63, 3.8) is 0 Å². The highest BCUT2D eigenvalue weighted by molar-refractivity contribution is 6.42. The molecule has 7 heteroatoms. The molecule has 0 radical (unpaired) electrons. The minimum absolute atomic E-state index is 0.170. The molecule has 2 aromatic carbocycles. The number of carboxylic acid groups (broad SMARTS) is 1. The summed E-state index contributed by atoms with van der Waals surface area (Å²) in [6, 6.07) is 14.0. The summed E-state index contributed by atoms with van der Waals surface area (Å²) in [6.07, 6.45) is 6.22. The minimum Gasteiger partial charge on any atom is -0.494 e. The number of benzene rings is 2. The third kappa shape index (κ3) is 6.69. The molecule has 2 unspecified atom stereocenters. The van der Waals surface area contributed by atoms with Gasteiger partial charge in [-0.25, -0.2) is 9.79 Å². The SMILES string of the molecule is CC1C(C(=O)NC(Cc2ccc(OCCCCC3CCNCC3)cc2)C(=O)O)=Nc2ccccc21. The van der Waals surface area contributed by atoms with E-state index in [4.69, 9.17) is 4.74 Å². The number of carboxylic acids is 1. The first-order valence-electron chi connectivity index (χ1n) is 12.6. The van der Waals surface area contributed by atoms with E-state index in [9.17, 15) is 14.7 Å². The fraction of sp³-hybridized carbons (Fsp3) is 0.464. The normalized spacial score (nSPS) is 18.4. The Morgan fingerprint density at radius 3 is 2.57 bits per heavy atom. The number of aliphatic imine (C=N–C) groups is 1. The predicted molar refractivity (Wildman–Crippen MR) is 137 cm³/mol. The Bertz CT molecular complexity index is 1040. The maximum absolute atomic E-state index is 12.8. The molecule has 35 heavy (non-hydrogen) atoms. The van der Waals surface area contributed by atoms with Gasteiger partial charge in [0.05, 0.1) is 12.3 Å². The second kappa shape index (κ2) is 12.0. The number of nitrogens with one attached hydrogen (secondary N) is 2. The average molecular weight is 478 g/mol. The van der Waals surface area contributed by atoms with Crippen molar-refractivity contribution < 1.29 is 19.4 Å². The lowest BCUT2D eigenvalue weighted by atomic mass is 9.93. The molecule has 0 spiro atoms. The molecule has 3 N–H and O–H groups in total. The van der Waals surface area contributed by atoms with Crippen LogP contribution < -0.4 is 15.4 Å². The third-order valence-electron chi connectivity index (χ3n) is 6.99. The van der Waals surface area contributed by atoms with E-state index in [2.05, 4.69) is 15.6 Å². The number of unbranched alkanes of at least 4 members (excludes halogenated alkanes) is 1. The van der Waals surface area contributed by atoms with Crippen molar-refractivity contribution in [1.29, 1.82) is 0 Å². The molecule has 2 atom stereocenters. The van der Waals surface area contributed by atoms with Crippen LogP contribution in [-0.2, 0) is 16.0 Å². The van der Waals surface area contributed by atoms with Crippen LogP contribution in [0, 0.1) is 5.92 Å². The van der Waals surface area contributed by atoms with Gasteiger partial charge in [0.2, 0.25) is 0 Å². The Labute approximate surface area is 207 Å². The minimum atomic E-state index is -1.07. The van der Waals surface area contributed by atoms with Crippen molar-refractivity contribution in [3.05, 3.63) is 59.7 Å². The first kappa shape index (κ1) is 24.9. The van der Waals surface area contributed by atoms with Crippen LogP contribution in [0.4, 0.5) is 5.69 Å². The van der Waals surface area contributed by atoms with E-state index < -0.39 is 17.9 Å². The molecule has 1 amide bonds. The van der Waals surface area contributed by atoms with Crippen LogP contribution in [0.1, 0.15) is 56.1 Å². The van der Waals surface area contributed by atoms with E-state index in [1.165, 1.54) is 25.7 Å². The molecule has 7 nitrogen and oxygen atoms in total. The molecular formula is C28H35N3O4. The molecule has 0 aromatic heterocycles. The Hall–Kier alpha value is -3.19. The number of nitrogens with zero attached hydrogens (tertiary/aromatic N) is 1. The summed E-state index contributed by atoms with van der Waals surface area (Å²) in [5, 5.41) is 15.8. The van der Waals surface area contributed by atoms with Crippen LogP contribution in [0.2, 0.25) is 0 Å². The number of hydrogen-bond acceptors (Lipinski definition) is 5. The molecular weight excluding hydrogens is 442 g/mol. The van der Waals surface area contributed by atoms with Gasteiger partial charge in [-0.3, -0.25) is 4.79 Å². The number of amides is 1. The molecule has 0 bridgehead atoms. The summed E-state index contributed by atoms with van der Waals surface area (Å²) < 4.78 is 5.86. The fourth-order valence-electron chi connectivity index (χ4n) is 4.86. The van der Waals surface area contributed by atoms with Crippen LogP contribution in [0.25, 0.3) is 0 Å². The lowest BCUT2D eigenvalue weighted by molar-refractivity contribution is -0.141. The van der Waals surface area contributed by atoms with E-state index in [0.717, 1.165) is 48.0 Å². The van der Waals surface area contributed by atoms with Crippen LogP contribution in [0.3, 0.4) is 0 Å². The molecule has 2 aromatic rings. The van der Waals surface area contributed by atoms with Crippen molar-refractivity contribution in [2.45, 2.75) is 57.4 Å². The van der Waals surface area contributed by atoms with Gasteiger partial charge in [-0.15, -0.1) is 0 Å². The highest BCUT2D eigenvalue weighted by atomic mass is 16.5. The summed E-state index contributed by atoms with van der Waals surface area (Å²) >= 11 is 0. The standard InChI is InChI=1S/C28H35N3O4/c1-19-23-7-2-3-8-24(23)30-26(19)27(32)31-25(28(33)34)18-21-9-11-22(12-10-21)35-17-5-4-6-20-13-15-29-16-14-20/h2-3,7-12,19-20,25,29H,4-6,13-18H2,1H3,(H,31,32)(H,33,34). The summed E-state index contributed by atoms with van der Waals surface area (Å²) in [6.45, 7) is 4.87. The maximum atomic E-state index is 12.8. The Kier molecular flexibility index (Phi) is 8.53. The van der Waals surface area contributed by atoms with Crippen molar-refractivity contribution in [2.24, 2.45) is 10.9 Å². The van der Waals surface area contributed by atoms with E-state index in [0.29, 0.717) is 12.3 Å². The van der Waals surface area contributed by atoms with Gasteiger partial charge in [0.25, 0.3) is 5.91 Å². The number of fused-ring (bicyclic) bond motifs is 1. The zero-order chi connectivity index (χ0) is 24.6.